The standard InChI is InChI=1S/C30H54O3/c31-28-23-17-11-9-8-10-15-21-27(22-16-14-18-24-28)29-25-19-12-6-4-2-1-3-5-7-13-20-26-30(32)33-29/h27,29H,1-26H2. The van der Waals surface area contributed by atoms with E-state index in [1.807, 2.05) is 0 Å². The van der Waals surface area contributed by atoms with Crippen molar-refractivity contribution in [3.05, 3.63) is 0 Å². The minimum atomic E-state index is 0.0496. The zero-order valence-corrected chi connectivity index (χ0v) is 21.8. The average Bonchev–Trinajstić information content (AvgIpc) is 2.81. The smallest absolute Gasteiger partial charge is 0.306 e. The summed E-state index contributed by atoms with van der Waals surface area (Å²) in [7, 11) is 0. The van der Waals surface area contributed by atoms with E-state index in [0.717, 1.165) is 51.4 Å². The number of hydrogen-bond acceptors (Lipinski definition) is 3. The van der Waals surface area contributed by atoms with Crippen LogP contribution in [-0.4, -0.2) is 17.9 Å². The summed E-state index contributed by atoms with van der Waals surface area (Å²) < 4.78 is 6.20. The van der Waals surface area contributed by atoms with Gasteiger partial charge in [0.25, 0.3) is 0 Å². The van der Waals surface area contributed by atoms with Crippen molar-refractivity contribution in [2.24, 2.45) is 5.92 Å². The molecule has 0 aromatic rings. The highest BCUT2D eigenvalue weighted by atomic mass is 16.5. The number of esters is 1. The molecule has 2 aliphatic rings. The van der Waals surface area contributed by atoms with Crippen molar-refractivity contribution >= 4 is 11.8 Å². The fourth-order valence-corrected chi connectivity index (χ4v) is 5.81. The fraction of sp³-hybridized carbons (Fsp3) is 0.933. The average molecular weight is 463 g/mol. The van der Waals surface area contributed by atoms with Gasteiger partial charge in [0.1, 0.15) is 11.9 Å². The van der Waals surface area contributed by atoms with Gasteiger partial charge in [0.2, 0.25) is 0 Å². The molecule has 3 heteroatoms. The summed E-state index contributed by atoms with van der Waals surface area (Å²) in [5.74, 6) is 1.02. The number of carbonyl (C=O) groups is 2. The lowest BCUT2D eigenvalue weighted by molar-refractivity contribution is -0.153. The van der Waals surface area contributed by atoms with Crippen LogP contribution in [0.1, 0.15) is 167 Å². The minimum absolute atomic E-state index is 0.0496. The molecule has 1 heterocycles. The van der Waals surface area contributed by atoms with E-state index in [9.17, 15) is 9.59 Å². The predicted octanol–water partition coefficient (Wildman–Crippen LogP) is 9.25. The maximum atomic E-state index is 12.7. The van der Waals surface area contributed by atoms with Crippen LogP contribution in [-0.2, 0) is 14.3 Å². The molecule has 1 saturated heterocycles. The van der Waals surface area contributed by atoms with E-state index in [-0.39, 0.29) is 12.1 Å². The molecule has 0 spiro atoms. The molecular weight excluding hydrogens is 408 g/mol. The number of ketones is 1. The molecule has 2 atom stereocenters. The summed E-state index contributed by atoms with van der Waals surface area (Å²) in [6.45, 7) is 0. The van der Waals surface area contributed by atoms with Crippen LogP contribution in [0.4, 0.5) is 0 Å². The number of cyclic esters (lactones) is 1. The Morgan fingerprint density at radius 1 is 0.424 bits per heavy atom. The first kappa shape index (κ1) is 28.4. The number of ether oxygens (including phenoxy) is 1. The summed E-state index contributed by atoms with van der Waals surface area (Å²) in [5.41, 5.74) is 0. The second-order valence-corrected chi connectivity index (χ2v) is 11.0. The van der Waals surface area contributed by atoms with E-state index in [1.165, 1.54) is 109 Å². The molecule has 0 aromatic carbocycles. The van der Waals surface area contributed by atoms with Gasteiger partial charge in [0, 0.05) is 19.3 Å². The summed E-state index contributed by atoms with van der Waals surface area (Å²) in [5, 5.41) is 0. The van der Waals surface area contributed by atoms with Gasteiger partial charge in [0.05, 0.1) is 0 Å². The van der Waals surface area contributed by atoms with Gasteiger partial charge in [-0.1, -0.05) is 103 Å². The van der Waals surface area contributed by atoms with Crippen LogP contribution in [0, 0.1) is 5.92 Å². The minimum Gasteiger partial charge on any atom is -0.462 e. The zero-order chi connectivity index (χ0) is 23.4. The van der Waals surface area contributed by atoms with Crippen LogP contribution in [0.15, 0.2) is 0 Å². The van der Waals surface area contributed by atoms with Crippen LogP contribution in [0.3, 0.4) is 0 Å². The zero-order valence-electron chi connectivity index (χ0n) is 21.8. The molecule has 2 fully saturated rings. The number of rotatable bonds is 1. The summed E-state index contributed by atoms with van der Waals surface area (Å²) in [4.78, 5) is 24.8. The maximum Gasteiger partial charge on any atom is 0.306 e. The van der Waals surface area contributed by atoms with E-state index < -0.39 is 0 Å². The van der Waals surface area contributed by atoms with Crippen molar-refractivity contribution in [1.29, 1.82) is 0 Å². The Labute approximate surface area is 205 Å². The van der Waals surface area contributed by atoms with Gasteiger partial charge >= 0.3 is 5.97 Å². The van der Waals surface area contributed by atoms with Gasteiger partial charge in [-0.15, -0.1) is 0 Å². The summed E-state index contributed by atoms with van der Waals surface area (Å²) in [6.07, 6.45) is 30.5. The Bertz CT molecular complexity index is 501. The monoisotopic (exact) mass is 462 g/mol. The van der Waals surface area contributed by atoms with Crippen LogP contribution in [0.2, 0.25) is 0 Å². The Hall–Kier alpha value is -0.860. The van der Waals surface area contributed by atoms with Gasteiger partial charge in [-0.05, 0) is 50.9 Å². The number of carbonyl (C=O) groups excluding carboxylic acids is 2. The maximum absolute atomic E-state index is 12.7. The van der Waals surface area contributed by atoms with Crippen molar-refractivity contribution in [2.75, 3.05) is 0 Å². The van der Waals surface area contributed by atoms with Crippen LogP contribution >= 0.6 is 0 Å². The topological polar surface area (TPSA) is 43.4 Å². The lowest BCUT2D eigenvalue weighted by Gasteiger charge is -2.28. The number of Topliss-reactive ketones (excluding diaryl/α,β-unsaturated/α-hetero) is 1. The first-order valence-electron chi connectivity index (χ1n) is 15.0. The van der Waals surface area contributed by atoms with Gasteiger partial charge in [-0.25, -0.2) is 0 Å². The van der Waals surface area contributed by atoms with Gasteiger partial charge in [-0.3, -0.25) is 9.59 Å². The van der Waals surface area contributed by atoms with Crippen LogP contribution in [0.5, 0.6) is 0 Å². The molecule has 192 valence electrons. The molecular formula is C30H54O3. The van der Waals surface area contributed by atoms with Crippen LogP contribution < -0.4 is 0 Å². The molecule has 0 aromatic heterocycles. The highest BCUT2D eigenvalue weighted by molar-refractivity contribution is 5.78. The largest absolute Gasteiger partial charge is 0.462 e. The van der Waals surface area contributed by atoms with Crippen molar-refractivity contribution in [2.45, 2.75) is 173 Å². The van der Waals surface area contributed by atoms with E-state index >= 15 is 0 Å². The third kappa shape index (κ3) is 14.9. The van der Waals surface area contributed by atoms with Gasteiger partial charge in [-0.2, -0.15) is 0 Å². The third-order valence-electron chi connectivity index (χ3n) is 7.99. The van der Waals surface area contributed by atoms with E-state index in [0.29, 0.717) is 18.1 Å². The Morgan fingerprint density at radius 2 is 0.788 bits per heavy atom. The molecule has 1 aliphatic carbocycles. The molecule has 0 N–H and O–H groups in total. The highest BCUT2D eigenvalue weighted by Crippen LogP contribution is 2.28. The van der Waals surface area contributed by atoms with Crippen LogP contribution in [0.25, 0.3) is 0 Å². The molecule has 0 amide bonds. The van der Waals surface area contributed by atoms with Crippen molar-refractivity contribution in [1.82, 2.24) is 0 Å². The molecule has 33 heavy (non-hydrogen) atoms. The SMILES string of the molecule is O=C1CCCCCCCCC(C2CCCCCCCCCCCCCC(=O)O2)CCCCC1. The first-order valence-corrected chi connectivity index (χ1v) is 15.0. The normalized spacial score (nSPS) is 28.2. The van der Waals surface area contributed by atoms with Gasteiger partial charge < -0.3 is 4.74 Å². The Balaban J connectivity index is 1.92. The Morgan fingerprint density at radius 3 is 1.30 bits per heavy atom. The predicted molar refractivity (Wildman–Crippen MR) is 138 cm³/mol. The second-order valence-electron chi connectivity index (χ2n) is 11.0. The van der Waals surface area contributed by atoms with E-state index in [2.05, 4.69) is 0 Å². The van der Waals surface area contributed by atoms with Gasteiger partial charge in [0.15, 0.2) is 0 Å². The molecule has 2 unspecified atom stereocenters. The molecule has 0 bridgehead atoms. The quantitative estimate of drug-likeness (QED) is 0.365. The molecule has 2 rings (SSSR count). The highest BCUT2D eigenvalue weighted by Gasteiger charge is 2.24. The summed E-state index contributed by atoms with van der Waals surface area (Å²) in [6, 6.07) is 0. The first-order chi connectivity index (χ1) is 16.3. The Kier molecular flexibility index (Phi) is 16.7. The molecule has 3 nitrogen and oxygen atoms in total. The van der Waals surface area contributed by atoms with Crippen molar-refractivity contribution in [3.8, 4) is 0 Å². The lowest BCUT2D eigenvalue weighted by Crippen LogP contribution is -2.27. The molecule has 1 aliphatic heterocycles. The van der Waals surface area contributed by atoms with Crippen molar-refractivity contribution < 1.29 is 14.3 Å². The second kappa shape index (κ2) is 19.4. The molecule has 0 radical (unpaired) electrons. The number of hydrogen-bond donors (Lipinski definition) is 0. The summed E-state index contributed by atoms with van der Waals surface area (Å²) >= 11 is 0. The van der Waals surface area contributed by atoms with E-state index in [1.54, 1.807) is 0 Å². The van der Waals surface area contributed by atoms with Crippen molar-refractivity contribution in [3.63, 3.8) is 0 Å². The third-order valence-corrected chi connectivity index (χ3v) is 7.99. The van der Waals surface area contributed by atoms with E-state index in [4.69, 9.17) is 4.74 Å². The molecule has 1 saturated carbocycles. The fourth-order valence-electron chi connectivity index (χ4n) is 5.81. The lowest BCUT2D eigenvalue weighted by atomic mass is 9.87.